The molecule has 4 N–H and O–H groups in total. The molecule has 12 heteroatoms. The first-order chi connectivity index (χ1) is 15.3. The Balaban J connectivity index is 1.94. The van der Waals surface area contributed by atoms with Crippen molar-refractivity contribution in [1.82, 2.24) is 14.6 Å². The summed E-state index contributed by atoms with van der Waals surface area (Å²) in [5.74, 6) is -2.02. The van der Waals surface area contributed by atoms with Gasteiger partial charge in [0.15, 0.2) is 28.5 Å². The minimum atomic E-state index is -0.935. The van der Waals surface area contributed by atoms with Crippen LogP contribution in [0.2, 0.25) is 0 Å². The Morgan fingerprint density at radius 2 is 2.06 bits per heavy atom. The molecule has 3 heterocycles. The number of anilines is 1. The number of β-lactam (4-membered cyclic amide) rings is 1. The van der Waals surface area contributed by atoms with Gasteiger partial charge >= 0.3 is 0 Å². The summed E-state index contributed by atoms with van der Waals surface area (Å²) in [5.41, 5.74) is 4.67. The number of nitrogens with zero attached hydrogens (tertiary/aromatic N) is 4. The lowest BCUT2D eigenvalue weighted by Gasteiger charge is -2.52. The fourth-order valence-corrected chi connectivity index (χ4v) is 4.16. The van der Waals surface area contributed by atoms with Crippen LogP contribution in [0, 0.1) is 11.8 Å². The summed E-state index contributed by atoms with van der Waals surface area (Å²) in [6.45, 7) is 7.29. The molecule has 2 aromatic heterocycles. The van der Waals surface area contributed by atoms with Crippen LogP contribution < -0.4 is 11.2 Å². The molecule has 178 valence electrons. The van der Waals surface area contributed by atoms with Gasteiger partial charge in [-0.25, -0.2) is 4.98 Å². The van der Waals surface area contributed by atoms with E-state index in [1.807, 2.05) is 13.8 Å². The normalized spacial score (nSPS) is 18.8. The molecule has 2 aromatic rings. The number of hydrogen-bond acceptors (Lipinski definition) is 10. The fraction of sp³-hybridized carbons (Fsp3) is 0.476. The number of nitrogens with two attached hydrogens (primary N) is 1. The Labute approximate surface area is 194 Å². The van der Waals surface area contributed by atoms with Crippen molar-refractivity contribution in [3.63, 3.8) is 0 Å². The number of likely N-dealkylation sites (tertiary alicyclic amines) is 1. The molecule has 0 bridgehead atoms. The number of ketones is 1. The van der Waals surface area contributed by atoms with Crippen molar-refractivity contribution in [3.8, 4) is 5.75 Å². The van der Waals surface area contributed by atoms with Crippen molar-refractivity contribution < 1.29 is 24.7 Å². The van der Waals surface area contributed by atoms with E-state index in [9.17, 15) is 24.7 Å². The molecule has 0 radical (unpaired) electrons. The molecule has 3 rings (SSSR count). The predicted octanol–water partition coefficient (Wildman–Crippen LogP) is 1.77. The first-order valence-electron chi connectivity index (χ1n) is 10.3. The van der Waals surface area contributed by atoms with Gasteiger partial charge in [0.1, 0.15) is 11.4 Å². The minimum absolute atomic E-state index is 0.0399. The van der Waals surface area contributed by atoms with Crippen molar-refractivity contribution in [2.45, 2.75) is 45.8 Å². The smallest absolute Gasteiger partial charge is 0.228 e. The van der Waals surface area contributed by atoms with Crippen molar-refractivity contribution in [3.05, 3.63) is 39.3 Å². The Kier molecular flexibility index (Phi) is 6.50. The highest BCUT2D eigenvalue weighted by Gasteiger charge is 2.52. The maximum Gasteiger partial charge on any atom is 0.228 e. The maximum atomic E-state index is 13.2. The molecule has 1 unspecified atom stereocenters. The molecule has 0 aromatic carbocycles. The molecule has 1 amide bonds. The molecule has 0 spiro atoms. The van der Waals surface area contributed by atoms with E-state index < -0.39 is 34.5 Å². The summed E-state index contributed by atoms with van der Waals surface area (Å²) in [6.07, 6.45) is -0.171. The quantitative estimate of drug-likeness (QED) is 0.224. The monoisotopic (exact) mass is 477 g/mol. The minimum Gasteiger partial charge on any atom is -0.503 e. The molecule has 0 aliphatic carbocycles. The van der Waals surface area contributed by atoms with Gasteiger partial charge in [0.25, 0.3) is 0 Å². The van der Waals surface area contributed by atoms with Crippen LogP contribution in [-0.4, -0.2) is 54.9 Å². The molecule has 1 saturated heterocycles. The number of hydrogen-bond donors (Lipinski definition) is 3. The second kappa shape index (κ2) is 8.85. The van der Waals surface area contributed by atoms with E-state index in [-0.39, 0.29) is 40.5 Å². The summed E-state index contributed by atoms with van der Waals surface area (Å²) in [4.78, 5) is 48.7. The zero-order chi connectivity index (χ0) is 24.7. The number of Topliss-reactive ketones (excluding diaryl/α,β-unsaturated/α-hetero) is 1. The Bertz CT molecular complexity index is 1170. The van der Waals surface area contributed by atoms with E-state index in [2.05, 4.69) is 10.1 Å². The number of oxime groups is 1. The van der Waals surface area contributed by atoms with E-state index >= 15 is 0 Å². The highest BCUT2D eigenvalue weighted by Crippen LogP contribution is 2.38. The summed E-state index contributed by atoms with van der Waals surface area (Å²) < 4.78 is 0.574. The molecule has 33 heavy (non-hydrogen) atoms. The summed E-state index contributed by atoms with van der Waals surface area (Å²) in [7, 11) is 1.68. The number of nitrogen functional groups attached to an aromatic ring is 1. The van der Waals surface area contributed by atoms with Gasteiger partial charge in [0, 0.05) is 30.5 Å². The summed E-state index contributed by atoms with van der Waals surface area (Å²) >= 11 is 1.12. The van der Waals surface area contributed by atoms with Crippen LogP contribution in [0.15, 0.2) is 27.6 Å². The first kappa shape index (κ1) is 24.2. The van der Waals surface area contributed by atoms with Crippen molar-refractivity contribution in [1.29, 1.82) is 0 Å². The van der Waals surface area contributed by atoms with Gasteiger partial charge in [-0.2, -0.15) is 4.73 Å². The number of aromatic nitrogens is 2. The van der Waals surface area contributed by atoms with E-state index in [0.717, 1.165) is 23.6 Å². The van der Waals surface area contributed by atoms with E-state index in [1.54, 1.807) is 31.2 Å². The molecule has 11 nitrogen and oxygen atoms in total. The summed E-state index contributed by atoms with van der Waals surface area (Å²) in [5, 5.41) is 25.5. The number of carbonyl (C=O) groups excluding carboxylic acids is 2. The predicted molar refractivity (Wildman–Crippen MR) is 121 cm³/mol. The van der Waals surface area contributed by atoms with Gasteiger partial charge in [-0.15, -0.1) is 11.3 Å². The number of rotatable bonds is 8. The second-order valence-electron chi connectivity index (χ2n) is 8.80. The third-order valence-electron chi connectivity index (χ3n) is 5.96. The fourth-order valence-electron chi connectivity index (χ4n) is 3.61. The van der Waals surface area contributed by atoms with Gasteiger partial charge in [-0.3, -0.25) is 14.4 Å². The van der Waals surface area contributed by atoms with Crippen LogP contribution in [0.5, 0.6) is 5.75 Å². The Morgan fingerprint density at radius 1 is 1.39 bits per heavy atom. The van der Waals surface area contributed by atoms with Crippen molar-refractivity contribution in [2.75, 3.05) is 12.8 Å². The topological polar surface area (TPSA) is 160 Å². The third kappa shape index (κ3) is 4.56. The van der Waals surface area contributed by atoms with Crippen LogP contribution in [0.1, 0.15) is 51.6 Å². The van der Waals surface area contributed by atoms with Crippen LogP contribution in [0.4, 0.5) is 5.13 Å². The third-order valence-corrected chi connectivity index (χ3v) is 6.63. The number of pyridine rings is 1. The maximum absolute atomic E-state index is 13.2. The molecular formula is C21H27N5O6S. The van der Waals surface area contributed by atoms with Crippen molar-refractivity contribution in [2.24, 2.45) is 17.0 Å². The number of aromatic hydroxyl groups is 1. The number of thiazole rings is 1. The standard InChI is InChI=1S/C21H27N5O6S/c1-10(2)18(13-7-14(27)16(29)8-26(13)31)32-24-17(12-9-33-20(22)23-12)15(28)6-11-19(30)25(5)21(11,3)4/h7-11,18,29,31H,6H2,1-5H3,(H2,22,23)/b24-17-/t11-,18?/m1/s1. The van der Waals surface area contributed by atoms with Crippen LogP contribution >= 0.6 is 11.3 Å². The lowest BCUT2D eigenvalue weighted by molar-refractivity contribution is -0.164. The van der Waals surface area contributed by atoms with Gasteiger partial charge < -0.3 is 25.8 Å². The van der Waals surface area contributed by atoms with E-state index in [1.165, 1.54) is 0 Å². The van der Waals surface area contributed by atoms with Gasteiger partial charge in [-0.05, 0) is 19.8 Å². The Morgan fingerprint density at radius 3 is 2.61 bits per heavy atom. The molecule has 1 aliphatic rings. The SMILES string of the molecule is CC(C)C(O/N=C(\C(=O)C[C@@H]1C(=O)N(C)C1(C)C)c1csc(N)n1)c1cc(=O)c(O)cn1O. The Hall–Kier alpha value is -3.41. The lowest BCUT2D eigenvalue weighted by Crippen LogP contribution is -2.66. The highest BCUT2D eigenvalue weighted by molar-refractivity contribution is 7.13. The second-order valence-corrected chi connectivity index (χ2v) is 9.69. The zero-order valence-corrected chi connectivity index (χ0v) is 19.8. The van der Waals surface area contributed by atoms with E-state index in [4.69, 9.17) is 10.6 Å². The number of carbonyl (C=O) groups is 2. The highest BCUT2D eigenvalue weighted by atomic mass is 32.1. The van der Waals surface area contributed by atoms with Gasteiger partial charge in [0.2, 0.25) is 11.3 Å². The number of amides is 1. The van der Waals surface area contributed by atoms with Crippen molar-refractivity contribution >= 4 is 33.9 Å². The average molecular weight is 478 g/mol. The van der Waals surface area contributed by atoms with Crippen LogP contribution in [-0.2, 0) is 14.4 Å². The molecule has 1 aliphatic heterocycles. The molecule has 1 fully saturated rings. The average Bonchev–Trinajstić information content (AvgIpc) is 3.17. The van der Waals surface area contributed by atoms with E-state index in [0.29, 0.717) is 4.73 Å². The first-order valence-corrected chi connectivity index (χ1v) is 11.1. The molecule has 2 atom stereocenters. The lowest BCUT2D eigenvalue weighted by atomic mass is 9.73. The largest absolute Gasteiger partial charge is 0.503 e. The summed E-state index contributed by atoms with van der Waals surface area (Å²) in [6, 6.07) is 1.03. The van der Waals surface area contributed by atoms with Crippen LogP contribution in [0.3, 0.4) is 0 Å². The molecule has 0 saturated carbocycles. The van der Waals surface area contributed by atoms with Crippen LogP contribution in [0.25, 0.3) is 0 Å². The van der Waals surface area contributed by atoms with Gasteiger partial charge in [-0.1, -0.05) is 19.0 Å². The molecular weight excluding hydrogens is 450 g/mol. The van der Waals surface area contributed by atoms with Gasteiger partial charge in [0.05, 0.1) is 12.1 Å². The zero-order valence-electron chi connectivity index (χ0n) is 19.0.